The van der Waals surface area contributed by atoms with Gasteiger partial charge in [0.25, 0.3) is 5.69 Å². The predicted molar refractivity (Wildman–Crippen MR) is 111 cm³/mol. The first-order valence-corrected chi connectivity index (χ1v) is 9.98. The van der Waals surface area contributed by atoms with E-state index in [4.69, 9.17) is 4.74 Å². The average molecular weight is 414 g/mol. The number of esters is 1. The summed E-state index contributed by atoms with van der Waals surface area (Å²) in [6.07, 6.45) is 0. The number of carbonyl (C=O) groups is 2. The Bertz CT molecular complexity index is 659. The number of ether oxygens (including phenoxy) is 1. The number of nitrogens with one attached hydrogen (secondary N) is 2. The van der Waals surface area contributed by atoms with Crippen LogP contribution in [0.1, 0.15) is 48.5 Å². The third kappa shape index (κ3) is 9.70. The van der Waals surface area contributed by atoms with Crippen LogP contribution in [0.5, 0.6) is 0 Å². The van der Waals surface area contributed by atoms with Gasteiger partial charge in [-0.1, -0.05) is 39.8 Å². The second kappa shape index (κ2) is 12.4. The summed E-state index contributed by atoms with van der Waals surface area (Å²) >= 11 is 0.989. The van der Waals surface area contributed by atoms with Gasteiger partial charge in [-0.15, -0.1) is 0 Å². The molecular formula is C19H31N3O5S. The Labute approximate surface area is 171 Å². The molecule has 1 rings (SSSR count). The van der Waals surface area contributed by atoms with Gasteiger partial charge in [-0.2, -0.15) is 0 Å². The van der Waals surface area contributed by atoms with Crippen LogP contribution >= 0.6 is 11.9 Å². The van der Waals surface area contributed by atoms with E-state index >= 15 is 0 Å². The summed E-state index contributed by atoms with van der Waals surface area (Å²) in [7, 11) is 0. The van der Waals surface area contributed by atoms with Crippen molar-refractivity contribution in [2.24, 2.45) is 5.92 Å². The van der Waals surface area contributed by atoms with Crippen LogP contribution < -0.4 is 10.0 Å². The lowest BCUT2D eigenvalue weighted by molar-refractivity contribution is -0.387. The van der Waals surface area contributed by atoms with Crippen molar-refractivity contribution in [3.8, 4) is 0 Å². The second-order valence-corrected chi connectivity index (χ2v) is 7.90. The number of hydrogen-bond acceptors (Lipinski definition) is 7. The second-order valence-electron chi connectivity index (χ2n) is 6.97. The van der Waals surface area contributed by atoms with Gasteiger partial charge in [0.15, 0.2) is 0 Å². The maximum atomic E-state index is 12.2. The van der Waals surface area contributed by atoms with Crippen LogP contribution in [0.2, 0.25) is 0 Å². The minimum Gasteiger partial charge on any atom is -0.458 e. The molecular weight excluding hydrogens is 382 g/mol. The van der Waals surface area contributed by atoms with Crippen molar-refractivity contribution in [2.75, 3.05) is 6.54 Å². The van der Waals surface area contributed by atoms with Gasteiger partial charge in [0.2, 0.25) is 5.91 Å². The SMILES string of the molecule is CC.CC(C)C(NC(=O)CNSc1ccccc1[N+](=O)[O-])C(=O)OC(C)(C)C. The molecule has 28 heavy (non-hydrogen) atoms. The highest BCUT2D eigenvalue weighted by molar-refractivity contribution is 7.97. The molecule has 0 aliphatic carbocycles. The molecule has 0 aliphatic rings. The number of rotatable bonds is 8. The first kappa shape index (κ1) is 25.9. The first-order valence-electron chi connectivity index (χ1n) is 9.16. The number of nitro groups is 1. The summed E-state index contributed by atoms with van der Waals surface area (Å²) in [6.45, 7) is 12.8. The van der Waals surface area contributed by atoms with E-state index in [1.54, 1.807) is 39.0 Å². The van der Waals surface area contributed by atoms with Crippen LogP contribution in [-0.2, 0) is 14.3 Å². The lowest BCUT2D eigenvalue weighted by Crippen LogP contribution is -2.49. The topological polar surface area (TPSA) is 111 Å². The molecule has 158 valence electrons. The van der Waals surface area contributed by atoms with Gasteiger partial charge < -0.3 is 10.1 Å². The van der Waals surface area contributed by atoms with Crippen molar-refractivity contribution in [1.82, 2.24) is 10.0 Å². The minimum absolute atomic E-state index is 0.0424. The number of nitro benzene ring substituents is 1. The molecule has 2 N–H and O–H groups in total. The molecule has 0 aliphatic heterocycles. The normalized spacial score (nSPS) is 11.9. The van der Waals surface area contributed by atoms with Crippen molar-refractivity contribution in [2.45, 2.75) is 65.0 Å². The summed E-state index contributed by atoms with van der Waals surface area (Å²) < 4.78 is 8.10. The van der Waals surface area contributed by atoms with Crippen molar-refractivity contribution < 1.29 is 19.2 Å². The molecule has 0 heterocycles. The number of benzene rings is 1. The third-order valence-corrected chi connectivity index (χ3v) is 3.97. The third-order valence-electron chi connectivity index (χ3n) is 3.12. The van der Waals surface area contributed by atoms with E-state index in [0.717, 1.165) is 11.9 Å². The van der Waals surface area contributed by atoms with E-state index in [1.165, 1.54) is 6.07 Å². The van der Waals surface area contributed by atoms with Crippen LogP contribution in [0.15, 0.2) is 29.2 Å². The Balaban J connectivity index is 0.00000352. The highest BCUT2D eigenvalue weighted by Crippen LogP contribution is 2.26. The zero-order valence-corrected chi connectivity index (χ0v) is 18.4. The van der Waals surface area contributed by atoms with Crippen molar-refractivity contribution in [3.63, 3.8) is 0 Å². The fraction of sp³-hybridized carbons (Fsp3) is 0.579. The number of para-hydroxylation sites is 1. The van der Waals surface area contributed by atoms with Crippen LogP contribution in [0, 0.1) is 16.0 Å². The Morgan fingerprint density at radius 1 is 1.21 bits per heavy atom. The molecule has 1 unspecified atom stereocenters. The molecule has 1 aromatic carbocycles. The Hall–Kier alpha value is -2.13. The summed E-state index contributed by atoms with van der Waals surface area (Å²) in [5, 5.41) is 13.6. The lowest BCUT2D eigenvalue weighted by atomic mass is 10.0. The first-order chi connectivity index (χ1) is 13.0. The van der Waals surface area contributed by atoms with E-state index in [-0.39, 0.29) is 18.2 Å². The summed E-state index contributed by atoms with van der Waals surface area (Å²) in [6, 6.07) is 5.46. The average Bonchev–Trinajstić information content (AvgIpc) is 2.59. The van der Waals surface area contributed by atoms with Gasteiger partial charge in [0, 0.05) is 6.07 Å². The molecule has 0 bridgehead atoms. The Kier molecular flexibility index (Phi) is 11.4. The van der Waals surface area contributed by atoms with E-state index in [2.05, 4.69) is 10.0 Å². The molecule has 1 aromatic rings. The van der Waals surface area contributed by atoms with E-state index in [0.29, 0.717) is 4.90 Å². The fourth-order valence-electron chi connectivity index (χ4n) is 1.96. The smallest absolute Gasteiger partial charge is 0.329 e. The van der Waals surface area contributed by atoms with Crippen molar-refractivity contribution in [1.29, 1.82) is 0 Å². The maximum absolute atomic E-state index is 12.2. The van der Waals surface area contributed by atoms with E-state index in [1.807, 2.05) is 27.7 Å². The highest BCUT2D eigenvalue weighted by atomic mass is 32.2. The predicted octanol–water partition coefficient (Wildman–Crippen LogP) is 3.70. The van der Waals surface area contributed by atoms with Crippen LogP contribution in [-0.4, -0.2) is 35.0 Å². The zero-order chi connectivity index (χ0) is 21.9. The monoisotopic (exact) mass is 413 g/mol. The fourth-order valence-corrected chi connectivity index (χ4v) is 2.71. The quantitative estimate of drug-likeness (QED) is 0.289. The molecule has 9 heteroatoms. The number of hydrogen-bond donors (Lipinski definition) is 2. The summed E-state index contributed by atoms with van der Waals surface area (Å²) in [5.41, 5.74) is -0.686. The van der Waals surface area contributed by atoms with Crippen LogP contribution in [0.4, 0.5) is 5.69 Å². The van der Waals surface area contributed by atoms with Gasteiger partial charge in [0.1, 0.15) is 16.5 Å². The summed E-state index contributed by atoms with van der Waals surface area (Å²) in [4.78, 5) is 35.2. The van der Waals surface area contributed by atoms with Crippen LogP contribution in [0.3, 0.4) is 0 Å². The molecule has 0 saturated carbocycles. The van der Waals surface area contributed by atoms with E-state index < -0.39 is 28.4 Å². The van der Waals surface area contributed by atoms with Gasteiger partial charge in [0.05, 0.1) is 11.5 Å². The molecule has 0 aromatic heterocycles. The maximum Gasteiger partial charge on any atom is 0.329 e. The molecule has 0 saturated heterocycles. The number of nitrogens with zero attached hydrogens (tertiary/aromatic N) is 1. The summed E-state index contributed by atoms with van der Waals surface area (Å²) in [5.74, 6) is -1.04. The largest absolute Gasteiger partial charge is 0.458 e. The minimum atomic E-state index is -0.764. The molecule has 1 amide bonds. The van der Waals surface area contributed by atoms with Crippen LogP contribution in [0.25, 0.3) is 0 Å². The zero-order valence-electron chi connectivity index (χ0n) is 17.6. The Morgan fingerprint density at radius 2 is 1.79 bits per heavy atom. The van der Waals surface area contributed by atoms with Gasteiger partial charge in [-0.05, 0) is 44.7 Å². The number of carbonyl (C=O) groups excluding carboxylic acids is 2. The molecule has 8 nitrogen and oxygen atoms in total. The molecule has 1 atom stereocenters. The Morgan fingerprint density at radius 3 is 2.29 bits per heavy atom. The van der Waals surface area contributed by atoms with Gasteiger partial charge >= 0.3 is 5.97 Å². The number of amides is 1. The van der Waals surface area contributed by atoms with Crippen molar-refractivity contribution >= 4 is 29.5 Å². The lowest BCUT2D eigenvalue weighted by Gasteiger charge is -2.26. The van der Waals surface area contributed by atoms with E-state index in [9.17, 15) is 19.7 Å². The van der Waals surface area contributed by atoms with Gasteiger partial charge in [-0.25, -0.2) is 4.79 Å². The molecule has 0 radical (unpaired) electrons. The molecule has 0 fully saturated rings. The molecule has 0 spiro atoms. The van der Waals surface area contributed by atoms with Crippen molar-refractivity contribution in [3.05, 3.63) is 34.4 Å². The highest BCUT2D eigenvalue weighted by Gasteiger charge is 2.29. The van der Waals surface area contributed by atoms with Gasteiger partial charge in [-0.3, -0.25) is 19.6 Å². The standard InChI is InChI=1S/C17H25N3O5S.C2H6/c1-11(2)15(16(22)25-17(3,4)5)19-14(21)10-18-26-13-9-7-6-8-12(13)20(23)24;1-2/h6-9,11,15,18H,10H2,1-5H3,(H,19,21);1-2H3.